The van der Waals surface area contributed by atoms with E-state index >= 15 is 0 Å². The van der Waals surface area contributed by atoms with Gasteiger partial charge in [-0.15, -0.1) is 0 Å². The number of rotatable bonds is 9. The van der Waals surface area contributed by atoms with E-state index in [4.69, 9.17) is 9.47 Å². The third-order valence-corrected chi connectivity index (χ3v) is 7.68. The summed E-state index contributed by atoms with van der Waals surface area (Å²) >= 11 is 0. The summed E-state index contributed by atoms with van der Waals surface area (Å²) < 4.78 is 66.6. The van der Waals surface area contributed by atoms with E-state index in [0.717, 1.165) is 17.7 Å². The number of alkyl halides is 2. The molecule has 2 N–H and O–H groups in total. The highest BCUT2D eigenvalue weighted by atomic mass is 19.3. The molecule has 1 aliphatic heterocycles. The fourth-order valence-corrected chi connectivity index (χ4v) is 5.79. The monoisotopic (exact) mass is 545 g/mol. The van der Waals surface area contributed by atoms with Crippen LogP contribution in [0.3, 0.4) is 0 Å². The molecule has 3 aromatic rings. The van der Waals surface area contributed by atoms with Gasteiger partial charge in [0.05, 0.1) is 48.9 Å². The zero-order valence-electron chi connectivity index (χ0n) is 21.2. The summed E-state index contributed by atoms with van der Waals surface area (Å²) in [7, 11) is 2.39. The Balaban J connectivity index is 1.51. The molecule has 2 fully saturated rings. The van der Waals surface area contributed by atoms with E-state index in [0.29, 0.717) is 13.0 Å². The van der Waals surface area contributed by atoms with Gasteiger partial charge in [-0.2, -0.15) is 0 Å². The lowest BCUT2D eigenvalue weighted by Gasteiger charge is -2.33. The number of carbonyl (C=O) groups excluding carboxylic acids is 1. The molecule has 1 saturated carbocycles. The van der Waals surface area contributed by atoms with Gasteiger partial charge in [0, 0.05) is 30.6 Å². The van der Waals surface area contributed by atoms with Crippen molar-refractivity contribution in [2.75, 3.05) is 25.7 Å². The number of anilines is 1. The number of hydrogen-bond donors (Lipinski definition) is 2. The molecule has 7 nitrogen and oxygen atoms in total. The van der Waals surface area contributed by atoms with E-state index in [1.807, 2.05) is 30.3 Å². The number of aromatic nitrogens is 1. The number of aliphatic hydroxyl groups is 1. The highest BCUT2D eigenvalue weighted by molar-refractivity contribution is 5.97. The summed E-state index contributed by atoms with van der Waals surface area (Å²) in [5.74, 6) is -2.98. The van der Waals surface area contributed by atoms with Crippen LogP contribution in [0.2, 0.25) is 0 Å². The number of pyridine rings is 1. The smallest absolute Gasteiger partial charge is 0.340 e. The second-order valence-corrected chi connectivity index (χ2v) is 9.63. The third kappa shape index (κ3) is 4.59. The molecular formula is C28H27F4N3O4. The van der Waals surface area contributed by atoms with Gasteiger partial charge in [0.15, 0.2) is 11.6 Å². The molecule has 5 rings (SSSR count). The molecule has 4 atom stereocenters. The average molecular weight is 546 g/mol. The second-order valence-electron chi connectivity index (χ2n) is 9.63. The van der Waals surface area contributed by atoms with Gasteiger partial charge in [0.25, 0.3) is 6.43 Å². The largest absolute Gasteiger partial charge is 0.494 e. The SMILES string of the molecule is COC(=O)c1cc(-c2cc(F)c(OC)cc2F)ncc1N1CCC2C1[C@@]2(NCc1ccccc1)[C@H](O)C(F)F. The van der Waals surface area contributed by atoms with Crippen LogP contribution in [-0.2, 0) is 11.3 Å². The number of methoxy groups -OCH3 is 2. The molecule has 0 spiro atoms. The summed E-state index contributed by atoms with van der Waals surface area (Å²) in [4.78, 5) is 18.8. The van der Waals surface area contributed by atoms with Crippen LogP contribution in [0.5, 0.6) is 5.75 Å². The topological polar surface area (TPSA) is 83.9 Å². The lowest BCUT2D eigenvalue weighted by Crippen LogP contribution is -2.54. The van der Waals surface area contributed by atoms with Gasteiger partial charge in [-0.1, -0.05) is 30.3 Å². The Bertz CT molecular complexity index is 1380. The summed E-state index contributed by atoms with van der Waals surface area (Å²) in [6.07, 6.45) is -3.14. The highest BCUT2D eigenvalue weighted by Crippen LogP contribution is 2.58. The van der Waals surface area contributed by atoms with Crippen LogP contribution in [0.1, 0.15) is 22.3 Å². The summed E-state index contributed by atoms with van der Waals surface area (Å²) in [6.45, 7) is 0.672. The van der Waals surface area contributed by atoms with Crippen molar-refractivity contribution in [1.82, 2.24) is 10.3 Å². The van der Waals surface area contributed by atoms with Gasteiger partial charge in [-0.05, 0) is 24.1 Å². The van der Waals surface area contributed by atoms with Crippen molar-refractivity contribution >= 4 is 11.7 Å². The zero-order chi connectivity index (χ0) is 27.9. The maximum absolute atomic E-state index is 14.8. The Hall–Kier alpha value is -3.70. The number of carbonyl (C=O) groups is 1. The Morgan fingerprint density at radius 1 is 1.18 bits per heavy atom. The molecule has 0 radical (unpaired) electrons. The minimum atomic E-state index is -2.99. The van der Waals surface area contributed by atoms with Crippen LogP contribution in [0.25, 0.3) is 11.3 Å². The molecule has 2 unspecified atom stereocenters. The number of benzene rings is 2. The number of ether oxygens (including phenoxy) is 2. The van der Waals surface area contributed by atoms with Gasteiger partial charge in [-0.3, -0.25) is 4.98 Å². The lowest BCUT2D eigenvalue weighted by atomic mass is 10.0. The van der Waals surface area contributed by atoms with Crippen LogP contribution in [-0.4, -0.2) is 60.9 Å². The first-order chi connectivity index (χ1) is 18.7. The van der Waals surface area contributed by atoms with Crippen LogP contribution in [0, 0.1) is 17.6 Å². The standard InChI is InChI=1S/C28H27F4N3O4/c1-38-23-12-19(29)16(10-20(23)30)21-11-17(27(37)39-2)22(14-33-21)35-9-8-18-24(35)28(18,25(36)26(31)32)34-13-15-6-4-3-5-7-15/h3-7,10-12,14,18,24-26,34,36H,8-9,13H2,1-2H3/t18?,24?,25-,28-/m1/s1. The minimum absolute atomic E-state index is 0.00849. The number of nitrogens with one attached hydrogen (secondary N) is 1. The molecular weight excluding hydrogens is 518 g/mol. The summed E-state index contributed by atoms with van der Waals surface area (Å²) in [5.41, 5.74) is -0.371. The molecule has 206 valence electrons. The van der Waals surface area contributed by atoms with E-state index in [1.165, 1.54) is 26.5 Å². The molecule has 1 aromatic heterocycles. The van der Waals surface area contributed by atoms with E-state index in [2.05, 4.69) is 10.3 Å². The summed E-state index contributed by atoms with van der Waals surface area (Å²) in [6, 6.07) is 11.7. The summed E-state index contributed by atoms with van der Waals surface area (Å²) in [5, 5.41) is 13.8. The van der Waals surface area contributed by atoms with E-state index in [-0.39, 0.29) is 40.7 Å². The molecule has 2 heterocycles. The number of nitrogens with zero attached hydrogens (tertiary/aromatic N) is 2. The predicted octanol–water partition coefficient (Wildman–Crippen LogP) is 4.19. The Morgan fingerprint density at radius 2 is 1.92 bits per heavy atom. The first kappa shape index (κ1) is 26.9. The Kier molecular flexibility index (Phi) is 7.21. The van der Waals surface area contributed by atoms with E-state index in [1.54, 1.807) is 4.90 Å². The third-order valence-electron chi connectivity index (χ3n) is 7.68. The first-order valence-corrected chi connectivity index (χ1v) is 12.4. The molecule has 1 saturated heterocycles. The Morgan fingerprint density at radius 3 is 2.59 bits per heavy atom. The molecule has 11 heteroatoms. The van der Waals surface area contributed by atoms with Gasteiger partial charge >= 0.3 is 5.97 Å². The molecule has 1 aliphatic carbocycles. The van der Waals surface area contributed by atoms with Crippen molar-refractivity contribution in [1.29, 1.82) is 0 Å². The van der Waals surface area contributed by atoms with E-state index < -0.39 is 41.7 Å². The van der Waals surface area contributed by atoms with Crippen LogP contribution in [0.15, 0.2) is 54.7 Å². The van der Waals surface area contributed by atoms with Crippen LogP contribution in [0.4, 0.5) is 23.2 Å². The minimum Gasteiger partial charge on any atom is -0.494 e. The number of aliphatic hydroxyl groups excluding tert-OH is 1. The number of halogens is 4. The molecule has 2 aromatic carbocycles. The van der Waals surface area contributed by atoms with Gasteiger partial charge in [0.2, 0.25) is 0 Å². The normalized spacial score (nSPS) is 22.5. The first-order valence-electron chi connectivity index (χ1n) is 12.4. The van der Waals surface area contributed by atoms with Crippen LogP contribution >= 0.6 is 0 Å². The second kappa shape index (κ2) is 10.5. The fraction of sp³-hybridized carbons (Fsp3) is 0.357. The van der Waals surface area contributed by atoms with E-state index in [9.17, 15) is 27.5 Å². The lowest BCUT2D eigenvalue weighted by molar-refractivity contribution is -0.0398. The zero-order valence-corrected chi connectivity index (χ0v) is 21.2. The maximum Gasteiger partial charge on any atom is 0.340 e. The predicted molar refractivity (Wildman–Crippen MR) is 135 cm³/mol. The molecule has 2 aliphatic rings. The van der Waals surface area contributed by atoms with Gasteiger partial charge < -0.3 is 24.8 Å². The van der Waals surface area contributed by atoms with Crippen molar-refractivity contribution in [2.24, 2.45) is 5.92 Å². The van der Waals surface area contributed by atoms with Crippen molar-refractivity contribution < 1.29 is 36.9 Å². The van der Waals surface area contributed by atoms with Crippen molar-refractivity contribution in [3.63, 3.8) is 0 Å². The Labute approximate surface area is 222 Å². The number of hydrogen-bond acceptors (Lipinski definition) is 7. The molecule has 39 heavy (non-hydrogen) atoms. The number of piperidine rings is 1. The van der Waals surface area contributed by atoms with Crippen molar-refractivity contribution in [3.05, 3.63) is 77.5 Å². The quantitative estimate of drug-likeness (QED) is 0.308. The number of esters is 1. The molecule has 0 amide bonds. The van der Waals surface area contributed by atoms with Crippen molar-refractivity contribution in [3.8, 4) is 17.0 Å². The highest BCUT2D eigenvalue weighted by Gasteiger charge is 2.74. The number of fused-ring (bicyclic) bond motifs is 1. The maximum atomic E-state index is 14.8. The average Bonchev–Trinajstić information content (AvgIpc) is 3.36. The molecule has 0 bridgehead atoms. The van der Waals surface area contributed by atoms with Gasteiger partial charge in [-0.25, -0.2) is 22.4 Å². The fourth-order valence-electron chi connectivity index (χ4n) is 5.79. The van der Waals surface area contributed by atoms with Gasteiger partial charge in [0.1, 0.15) is 11.9 Å². The van der Waals surface area contributed by atoms with Crippen LogP contribution < -0.4 is 15.0 Å². The van der Waals surface area contributed by atoms with Crippen molar-refractivity contribution in [2.45, 2.75) is 37.1 Å².